The fraction of sp³-hybridized carbons (Fsp3) is 0.333. The van der Waals surface area contributed by atoms with Gasteiger partial charge in [-0.05, 0) is 24.6 Å². The zero-order chi connectivity index (χ0) is 14.4. The minimum Gasteiger partial charge on any atom is -0.378 e. The van der Waals surface area contributed by atoms with E-state index in [1.807, 2.05) is 31.2 Å². The Labute approximate surface area is 118 Å². The van der Waals surface area contributed by atoms with Gasteiger partial charge in [-0.25, -0.2) is 0 Å². The van der Waals surface area contributed by atoms with Crippen molar-refractivity contribution in [2.45, 2.75) is 6.92 Å². The molecule has 0 bridgehead atoms. The van der Waals surface area contributed by atoms with Crippen LogP contribution in [0.4, 0.5) is 5.69 Å². The number of benzene rings is 1. The van der Waals surface area contributed by atoms with Gasteiger partial charge in [0.05, 0.1) is 13.2 Å². The lowest BCUT2D eigenvalue weighted by Crippen LogP contribution is -2.39. The highest BCUT2D eigenvalue weighted by Crippen LogP contribution is 2.09. The van der Waals surface area contributed by atoms with Gasteiger partial charge in [-0.3, -0.25) is 9.59 Å². The van der Waals surface area contributed by atoms with Crippen molar-refractivity contribution in [3.05, 3.63) is 42.0 Å². The average molecular weight is 274 g/mol. The molecule has 1 N–H and O–H groups in total. The Morgan fingerprint density at radius 1 is 1.25 bits per heavy atom. The molecule has 1 aliphatic heterocycles. The smallest absolute Gasteiger partial charge is 0.248 e. The Kier molecular flexibility index (Phi) is 4.90. The van der Waals surface area contributed by atoms with E-state index < -0.39 is 0 Å². The van der Waals surface area contributed by atoms with E-state index in [2.05, 4.69) is 5.32 Å². The number of hydrogen-bond acceptors (Lipinski definition) is 3. The van der Waals surface area contributed by atoms with E-state index in [1.165, 1.54) is 12.2 Å². The molecule has 2 amide bonds. The zero-order valence-corrected chi connectivity index (χ0v) is 11.5. The highest BCUT2D eigenvalue weighted by molar-refractivity contribution is 6.03. The number of rotatable bonds is 3. The third kappa shape index (κ3) is 4.20. The third-order valence-corrected chi connectivity index (χ3v) is 2.99. The number of hydrogen-bond donors (Lipinski definition) is 1. The minimum absolute atomic E-state index is 0.160. The molecule has 1 aliphatic rings. The van der Waals surface area contributed by atoms with Crippen LogP contribution in [0.2, 0.25) is 0 Å². The molecule has 106 valence electrons. The van der Waals surface area contributed by atoms with E-state index in [1.54, 1.807) is 4.90 Å². The van der Waals surface area contributed by atoms with Crippen molar-refractivity contribution >= 4 is 17.5 Å². The van der Waals surface area contributed by atoms with E-state index in [0.717, 1.165) is 11.3 Å². The van der Waals surface area contributed by atoms with E-state index >= 15 is 0 Å². The molecular weight excluding hydrogens is 256 g/mol. The van der Waals surface area contributed by atoms with E-state index in [0.29, 0.717) is 26.3 Å². The molecule has 0 radical (unpaired) electrons. The second-order valence-electron chi connectivity index (χ2n) is 4.63. The molecule has 0 spiro atoms. The van der Waals surface area contributed by atoms with Crippen LogP contribution in [0.5, 0.6) is 0 Å². The van der Waals surface area contributed by atoms with Crippen LogP contribution in [0.15, 0.2) is 36.4 Å². The monoisotopic (exact) mass is 274 g/mol. The predicted octanol–water partition coefficient (Wildman–Crippen LogP) is 1.35. The summed E-state index contributed by atoms with van der Waals surface area (Å²) in [6.45, 7) is 4.20. The van der Waals surface area contributed by atoms with Crippen molar-refractivity contribution in [1.29, 1.82) is 0 Å². The largest absolute Gasteiger partial charge is 0.378 e. The SMILES string of the molecule is Cc1cccc(NC(=O)C=CC(=O)N2CCOCC2)c1. The Balaban J connectivity index is 1.87. The highest BCUT2D eigenvalue weighted by atomic mass is 16.5. The first-order valence-corrected chi connectivity index (χ1v) is 6.57. The van der Waals surface area contributed by atoms with Crippen molar-refractivity contribution in [3.8, 4) is 0 Å². The highest BCUT2D eigenvalue weighted by Gasteiger charge is 2.14. The summed E-state index contributed by atoms with van der Waals surface area (Å²) in [5.74, 6) is -0.468. The van der Waals surface area contributed by atoms with E-state index in [-0.39, 0.29) is 11.8 Å². The molecule has 0 aliphatic carbocycles. The van der Waals surface area contributed by atoms with Crippen LogP contribution in [0.25, 0.3) is 0 Å². The van der Waals surface area contributed by atoms with Crippen LogP contribution < -0.4 is 5.32 Å². The lowest BCUT2D eigenvalue weighted by atomic mass is 10.2. The molecule has 1 heterocycles. The van der Waals surface area contributed by atoms with Gasteiger partial charge >= 0.3 is 0 Å². The number of ether oxygens (including phenoxy) is 1. The summed E-state index contributed by atoms with van der Waals surface area (Å²) in [7, 11) is 0. The Hall–Kier alpha value is -2.14. The summed E-state index contributed by atoms with van der Waals surface area (Å²) in [5, 5.41) is 2.72. The number of carbonyl (C=O) groups is 2. The Bertz CT molecular complexity index is 520. The normalized spacial score (nSPS) is 15.3. The third-order valence-electron chi connectivity index (χ3n) is 2.99. The fourth-order valence-corrected chi connectivity index (χ4v) is 1.94. The van der Waals surface area contributed by atoms with Crippen LogP contribution in [0, 0.1) is 6.92 Å². The first kappa shape index (κ1) is 14.3. The van der Waals surface area contributed by atoms with Crippen LogP contribution in [-0.2, 0) is 14.3 Å². The van der Waals surface area contributed by atoms with Gasteiger partial charge in [-0.2, -0.15) is 0 Å². The molecule has 0 saturated carbocycles. The van der Waals surface area contributed by atoms with Gasteiger partial charge in [-0.15, -0.1) is 0 Å². The summed E-state index contributed by atoms with van der Waals surface area (Å²) in [6, 6.07) is 7.50. The maximum atomic E-state index is 11.8. The van der Waals surface area contributed by atoms with Crippen molar-refractivity contribution in [2.24, 2.45) is 0 Å². The standard InChI is InChI=1S/C15H18N2O3/c1-12-3-2-4-13(11-12)16-14(18)5-6-15(19)17-7-9-20-10-8-17/h2-6,11H,7-10H2,1H3,(H,16,18). The van der Waals surface area contributed by atoms with Gasteiger partial charge in [0.1, 0.15) is 0 Å². The number of carbonyl (C=O) groups excluding carboxylic acids is 2. The molecule has 1 aromatic carbocycles. The fourth-order valence-electron chi connectivity index (χ4n) is 1.94. The molecule has 5 heteroatoms. The van der Waals surface area contributed by atoms with Gasteiger partial charge in [0.15, 0.2) is 0 Å². The molecule has 2 rings (SSSR count). The summed E-state index contributed by atoms with van der Waals surface area (Å²) in [4.78, 5) is 25.2. The number of amides is 2. The van der Waals surface area contributed by atoms with Gasteiger partial charge in [-0.1, -0.05) is 12.1 Å². The van der Waals surface area contributed by atoms with Gasteiger partial charge in [0.25, 0.3) is 0 Å². The van der Waals surface area contributed by atoms with Crippen molar-refractivity contribution in [3.63, 3.8) is 0 Å². The molecule has 0 unspecified atom stereocenters. The summed E-state index contributed by atoms with van der Waals surface area (Å²) in [5.41, 5.74) is 1.79. The van der Waals surface area contributed by atoms with Gasteiger partial charge < -0.3 is 15.0 Å². The van der Waals surface area contributed by atoms with Crippen molar-refractivity contribution in [2.75, 3.05) is 31.6 Å². The van der Waals surface area contributed by atoms with Crippen LogP contribution in [0.1, 0.15) is 5.56 Å². The second-order valence-corrected chi connectivity index (χ2v) is 4.63. The van der Waals surface area contributed by atoms with E-state index in [4.69, 9.17) is 4.74 Å². The molecule has 1 saturated heterocycles. The zero-order valence-electron chi connectivity index (χ0n) is 11.5. The quantitative estimate of drug-likeness (QED) is 0.846. The summed E-state index contributed by atoms with van der Waals surface area (Å²) < 4.78 is 5.17. The molecule has 0 aromatic heterocycles. The molecule has 5 nitrogen and oxygen atoms in total. The molecular formula is C15H18N2O3. The molecule has 1 aromatic rings. The first-order valence-electron chi connectivity index (χ1n) is 6.57. The molecule has 1 fully saturated rings. The average Bonchev–Trinajstić information content (AvgIpc) is 2.46. The van der Waals surface area contributed by atoms with E-state index in [9.17, 15) is 9.59 Å². The number of aryl methyl sites for hydroxylation is 1. The van der Waals surface area contributed by atoms with Crippen LogP contribution in [-0.4, -0.2) is 43.0 Å². The Morgan fingerprint density at radius 3 is 2.70 bits per heavy atom. The first-order chi connectivity index (χ1) is 9.65. The second kappa shape index (κ2) is 6.86. The van der Waals surface area contributed by atoms with Gasteiger partial charge in [0, 0.05) is 30.9 Å². The Morgan fingerprint density at radius 2 is 2.00 bits per heavy atom. The number of anilines is 1. The van der Waals surface area contributed by atoms with Crippen molar-refractivity contribution in [1.82, 2.24) is 4.90 Å². The predicted molar refractivity (Wildman–Crippen MR) is 76.3 cm³/mol. The lowest BCUT2D eigenvalue weighted by molar-refractivity contribution is -0.130. The van der Waals surface area contributed by atoms with Crippen LogP contribution >= 0.6 is 0 Å². The summed E-state index contributed by atoms with van der Waals surface area (Å²) in [6.07, 6.45) is 2.57. The van der Waals surface area contributed by atoms with Crippen molar-refractivity contribution < 1.29 is 14.3 Å². The summed E-state index contributed by atoms with van der Waals surface area (Å²) >= 11 is 0. The maximum Gasteiger partial charge on any atom is 0.248 e. The molecule has 20 heavy (non-hydrogen) atoms. The molecule has 0 atom stereocenters. The lowest BCUT2D eigenvalue weighted by Gasteiger charge is -2.25. The number of nitrogens with one attached hydrogen (secondary N) is 1. The van der Waals surface area contributed by atoms with Gasteiger partial charge in [0.2, 0.25) is 11.8 Å². The maximum absolute atomic E-state index is 11.8. The number of morpholine rings is 1. The minimum atomic E-state index is -0.308. The number of nitrogens with zero attached hydrogens (tertiary/aromatic N) is 1. The van der Waals surface area contributed by atoms with Crippen LogP contribution in [0.3, 0.4) is 0 Å². The topological polar surface area (TPSA) is 58.6 Å².